The van der Waals surface area contributed by atoms with E-state index < -0.39 is 165 Å². The van der Waals surface area contributed by atoms with Crippen LogP contribution in [-0.2, 0) is 42.9 Å². The molecule has 26 nitrogen and oxygen atoms in total. The fraction of sp³-hybridized carbons (Fsp3) is 0.886. The third-order valence-corrected chi connectivity index (χ3v) is 12.8. The Morgan fingerprint density at radius 1 is 0.729 bits per heavy atom. The van der Waals surface area contributed by atoms with Gasteiger partial charge in [-0.25, -0.2) is 19.4 Å². The van der Waals surface area contributed by atoms with Crippen molar-refractivity contribution < 1.29 is 109 Å². The first-order chi connectivity index (χ1) is 33.0. The predicted octanol–water partition coefficient (Wildman–Crippen LogP) is -3.49. The molecule has 3 rings (SSSR count). The molecule has 406 valence electrons. The Bertz CT molecular complexity index is 1690. The highest BCUT2D eigenvalue weighted by molar-refractivity contribution is 6.02. The molecule has 3 heterocycles. The number of rotatable bonds is 31. The first-order valence-electron chi connectivity index (χ1n) is 24.1. The lowest BCUT2D eigenvalue weighted by Gasteiger charge is -2.48. The lowest BCUT2D eigenvalue weighted by molar-refractivity contribution is -0.340. The van der Waals surface area contributed by atoms with Crippen molar-refractivity contribution in [1.29, 1.82) is 0 Å². The van der Waals surface area contributed by atoms with Crippen LogP contribution in [0.25, 0.3) is 0 Å². The highest BCUT2D eigenvalue weighted by Crippen LogP contribution is 2.39. The highest BCUT2D eigenvalue weighted by Gasteiger charge is 2.60. The molecule has 3 aliphatic rings. The zero-order valence-corrected chi connectivity index (χ0v) is 40.0. The molecule has 3 aliphatic heterocycles. The number of aliphatic imine (C=N–C) groups is 1. The molecule has 0 aromatic rings. The quantitative estimate of drug-likeness (QED) is 0.0237. The van der Waals surface area contributed by atoms with Crippen LogP contribution in [0.3, 0.4) is 0 Å². The average molecular weight is 1020 g/mol. The van der Waals surface area contributed by atoms with Crippen molar-refractivity contribution >= 4 is 29.5 Å². The Morgan fingerprint density at radius 2 is 1.27 bits per heavy atom. The van der Waals surface area contributed by atoms with Gasteiger partial charge in [-0.3, -0.25) is 10.1 Å². The minimum absolute atomic E-state index is 0.0109. The number of aliphatic carboxylic acids is 3. The standard InChI is InChI=1S/C44H78N4O22/c1-4-7-8-9-10-11-12-13-14-15-16-46-20-26(54)36-31(45)23(51)18-43(69-36,40(61)62)66-28(22-50)35(58)38-33(48-30(56)6-3)25(53)19-44(70-38,41(63)64)67-27(21-49)34(57)37-32(47-29(55)5-2)24(52)17-42(65,68-37)39(59)60/h23-29,31-32,34-38,46-47,49-55,57-58,65H,4-22,45H2,1-3H3,(H,59,60)(H,61,62)(H,63,64). The van der Waals surface area contributed by atoms with Crippen molar-refractivity contribution in [3.8, 4) is 0 Å². The van der Waals surface area contributed by atoms with Crippen molar-refractivity contribution in [1.82, 2.24) is 10.6 Å². The van der Waals surface area contributed by atoms with Crippen molar-refractivity contribution in [3.05, 3.63) is 0 Å². The monoisotopic (exact) mass is 1010 g/mol. The van der Waals surface area contributed by atoms with E-state index in [1.807, 2.05) is 0 Å². The third kappa shape index (κ3) is 16.0. The summed E-state index contributed by atoms with van der Waals surface area (Å²) in [5, 5.41) is 146. The molecule has 26 heteroatoms. The minimum atomic E-state index is -3.30. The second-order valence-electron chi connectivity index (χ2n) is 18.3. The molecule has 0 saturated carbocycles. The van der Waals surface area contributed by atoms with E-state index in [9.17, 15) is 85.6 Å². The van der Waals surface area contributed by atoms with Gasteiger partial charge in [0.25, 0.3) is 17.4 Å². The van der Waals surface area contributed by atoms with E-state index in [2.05, 4.69) is 22.5 Å². The fourth-order valence-electron chi connectivity index (χ4n) is 8.68. The molecular formula is C44H78N4O22. The number of hydrogen-bond acceptors (Lipinski definition) is 22. The number of carbonyl (C=O) groups excluding carboxylic acids is 1. The summed E-state index contributed by atoms with van der Waals surface area (Å²) in [6.45, 7) is 2.62. The summed E-state index contributed by atoms with van der Waals surface area (Å²) in [5.74, 6) is -16.5. The van der Waals surface area contributed by atoms with Gasteiger partial charge >= 0.3 is 17.9 Å². The second-order valence-corrected chi connectivity index (χ2v) is 18.3. The smallest absolute Gasteiger partial charge is 0.364 e. The van der Waals surface area contributed by atoms with Crippen LogP contribution < -0.4 is 16.4 Å². The van der Waals surface area contributed by atoms with Gasteiger partial charge in [-0.05, 0) is 19.4 Å². The van der Waals surface area contributed by atoms with Gasteiger partial charge in [0.05, 0.1) is 49.3 Å². The Kier molecular flexibility index (Phi) is 24.9. The van der Waals surface area contributed by atoms with Gasteiger partial charge in [-0.15, -0.1) is 0 Å². The molecule has 17 N–H and O–H groups in total. The largest absolute Gasteiger partial charge is 0.477 e. The molecule has 3 saturated heterocycles. The number of aliphatic hydroxyl groups excluding tert-OH is 9. The van der Waals surface area contributed by atoms with Gasteiger partial charge < -0.3 is 101 Å². The second kappa shape index (κ2) is 28.5. The van der Waals surface area contributed by atoms with E-state index in [0.717, 1.165) is 32.1 Å². The van der Waals surface area contributed by atoms with Gasteiger partial charge in [0.15, 0.2) is 0 Å². The van der Waals surface area contributed by atoms with Gasteiger partial charge in [0.1, 0.15) is 55.1 Å². The van der Waals surface area contributed by atoms with Crippen molar-refractivity contribution in [2.75, 3.05) is 26.3 Å². The molecule has 1 amide bonds. The van der Waals surface area contributed by atoms with Gasteiger partial charge in [-0.1, -0.05) is 78.6 Å². The maximum absolute atomic E-state index is 13.2. The molecule has 17 unspecified atom stereocenters. The SMILES string of the molecule is CCCCCCCCCCCCNCC(O)C1OC(OC(CO)C(O)C2OC(OC(CO)C(O)C3OC(O)(C(=O)O)CC(O)C3NC(O)CC)(C(=O)O)CC(O)C2=NC(=O)CC)(C(=O)O)CC(O)C1N. The predicted molar refractivity (Wildman–Crippen MR) is 240 cm³/mol. The van der Waals surface area contributed by atoms with Crippen LogP contribution in [0.2, 0.25) is 0 Å². The van der Waals surface area contributed by atoms with Crippen LogP contribution in [0.4, 0.5) is 0 Å². The van der Waals surface area contributed by atoms with E-state index in [0.29, 0.717) is 6.54 Å². The van der Waals surface area contributed by atoms with Crippen LogP contribution in [0.5, 0.6) is 0 Å². The average Bonchev–Trinajstić information content (AvgIpc) is 3.31. The van der Waals surface area contributed by atoms with Gasteiger partial charge in [0.2, 0.25) is 5.91 Å². The molecule has 0 bridgehead atoms. The Morgan fingerprint density at radius 3 is 1.79 bits per heavy atom. The number of carbonyl (C=O) groups is 4. The molecule has 70 heavy (non-hydrogen) atoms. The first kappa shape index (κ1) is 61.3. The number of hydrogen-bond donors (Lipinski definition) is 16. The molecule has 17 atom stereocenters. The molecule has 0 aromatic carbocycles. The number of aliphatic hydroxyl groups is 10. The Balaban J connectivity index is 1.91. The summed E-state index contributed by atoms with van der Waals surface area (Å²) >= 11 is 0. The van der Waals surface area contributed by atoms with Crippen LogP contribution in [0.1, 0.15) is 117 Å². The van der Waals surface area contributed by atoms with E-state index in [1.165, 1.54) is 46.0 Å². The van der Waals surface area contributed by atoms with Crippen molar-refractivity contribution in [3.63, 3.8) is 0 Å². The van der Waals surface area contributed by atoms with Crippen LogP contribution in [0.15, 0.2) is 4.99 Å². The summed E-state index contributed by atoms with van der Waals surface area (Å²) in [6.07, 6.45) is -17.0. The van der Waals surface area contributed by atoms with Crippen LogP contribution in [-0.4, -0.2) is 225 Å². The van der Waals surface area contributed by atoms with Crippen molar-refractivity contribution in [2.24, 2.45) is 10.7 Å². The molecular weight excluding hydrogens is 936 g/mol. The molecule has 0 aliphatic carbocycles. The van der Waals surface area contributed by atoms with Gasteiger partial charge in [0, 0.05) is 32.2 Å². The van der Waals surface area contributed by atoms with Crippen LogP contribution in [0, 0.1) is 0 Å². The normalized spacial score (nSPS) is 33.8. The van der Waals surface area contributed by atoms with Crippen molar-refractivity contribution in [2.45, 2.75) is 220 Å². The summed E-state index contributed by atoms with van der Waals surface area (Å²) < 4.78 is 28.1. The molecule has 0 radical (unpaired) electrons. The number of carboxylic acids is 3. The summed E-state index contributed by atoms with van der Waals surface area (Å²) in [5.41, 5.74) is 5.39. The number of amides is 1. The summed E-state index contributed by atoms with van der Waals surface area (Å²) in [4.78, 5) is 54.6. The molecule has 0 aromatic heterocycles. The number of ether oxygens (including phenoxy) is 5. The number of nitrogens with zero attached hydrogens (tertiary/aromatic N) is 1. The summed E-state index contributed by atoms with van der Waals surface area (Å²) in [7, 11) is 0. The lowest BCUT2D eigenvalue weighted by Crippen LogP contribution is -2.69. The van der Waals surface area contributed by atoms with Crippen LogP contribution >= 0.6 is 0 Å². The zero-order valence-electron chi connectivity index (χ0n) is 40.0. The van der Waals surface area contributed by atoms with E-state index in [-0.39, 0.29) is 19.4 Å². The molecule has 0 spiro atoms. The number of nitrogens with one attached hydrogen (secondary N) is 2. The third-order valence-electron chi connectivity index (χ3n) is 12.8. The first-order valence-corrected chi connectivity index (χ1v) is 24.1. The Labute approximate surface area is 405 Å². The Hall–Kier alpha value is -2.97. The van der Waals surface area contributed by atoms with Gasteiger partial charge in [-0.2, -0.15) is 0 Å². The topological polar surface area (TPSA) is 440 Å². The molecule has 3 fully saturated rings. The number of nitrogens with two attached hydrogens (primary N) is 1. The summed E-state index contributed by atoms with van der Waals surface area (Å²) in [6, 6.07) is -3.01. The van der Waals surface area contributed by atoms with E-state index >= 15 is 0 Å². The van der Waals surface area contributed by atoms with E-state index in [4.69, 9.17) is 29.4 Å². The number of carboxylic acid groups (broad SMARTS) is 3. The highest BCUT2D eigenvalue weighted by atomic mass is 16.8. The maximum Gasteiger partial charge on any atom is 0.364 e. The zero-order chi connectivity index (χ0) is 52.6. The lowest BCUT2D eigenvalue weighted by atomic mass is 9.88. The number of unbranched alkanes of at least 4 members (excludes halogenated alkanes) is 9. The maximum atomic E-state index is 13.2. The minimum Gasteiger partial charge on any atom is -0.477 e. The fourth-order valence-corrected chi connectivity index (χ4v) is 8.68. The van der Waals surface area contributed by atoms with E-state index in [1.54, 1.807) is 0 Å².